The zero-order chi connectivity index (χ0) is 15.1. The highest BCUT2D eigenvalue weighted by atomic mass is 16.7. The number of carbonyl (C=O) groups excluding carboxylic acids is 1. The molecule has 0 aromatic rings. The first kappa shape index (κ1) is 15.2. The minimum absolute atomic E-state index is 0.0520. The fraction of sp³-hybridized carbons (Fsp3) is 0.933. The van der Waals surface area contributed by atoms with Crippen molar-refractivity contribution in [2.24, 2.45) is 5.92 Å². The Hall–Kier alpha value is -0.690. The fourth-order valence-corrected chi connectivity index (χ4v) is 3.87. The molecule has 3 aliphatic rings. The summed E-state index contributed by atoms with van der Waals surface area (Å²) < 4.78 is 16.4. The van der Waals surface area contributed by atoms with Gasteiger partial charge in [0.1, 0.15) is 30.3 Å². The van der Waals surface area contributed by atoms with Crippen LogP contribution in [0.25, 0.3) is 0 Å². The number of carbonyl (C=O) groups is 1. The molecule has 5 atom stereocenters. The van der Waals surface area contributed by atoms with Crippen LogP contribution in [0.1, 0.15) is 45.4 Å². The van der Waals surface area contributed by atoms with Crippen LogP contribution >= 0.6 is 0 Å². The summed E-state index contributed by atoms with van der Waals surface area (Å²) in [5.41, 5.74) is -1.01. The lowest BCUT2D eigenvalue weighted by atomic mass is 9.81. The van der Waals surface area contributed by atoms with Gasteiger partial charge in [-0.25, -0.2) is 0 Å². The van der Waals surface area contributed by atoms with Crippen molar-refractivity contribution in [3.63, 3.8) is 0 Å². The first-order valence-electron chi connectivity index (χ1n) is 7.92. The summed E-state index contributed by atoms with van der Waals surface area (Å²) in [5, 5.41) is 20.8. The van der Waals surface area contributed by atoms with Crippen LogP contribution in [0.4, 0.5) is 0 Å². The summed E-state index contributed by atoms with van der Waals surface area (Å²) in [4.78, 5) is 12.0. The molecule has 0 radical (unpaired) electrons. The molecule has 0 amide bonds. The maximum Gasteiger partial charge on any atom is 0.317 e. The largest absolute Gasteiger partial charge is 0.462 e. The molecule has 3 rings (SSSR count). The minimum atomic E-state index is -1.58. The molecule has 3 heterocycles. The predicted molar refractivity (Wildman–Crippen MR) is 72.3 cm³/mol. The van der Waals surface area contributed by atoms with Crippen LogP contribution in [-0.4, -0.2) is 53.0 Å². The Kier molecular flexibility index (Phi) is 3.98. The number of rotatable bonds is 6. The van der Waals surface area contributed by atoms with Gasteiger partial charge in [0.15, 0.2) is 5.79 Å². The van der Waals surface area contributed by atoms with E-state index in [1.165, 1.54) is 6.42 Å². The normalized spacial score (nSPS) is 44.7. The highest BCUT2D eigenvalue weighted by Gasteiger charge is 2.75. The Morgan fingerprint density at radius 3 is 2.81 bits per heavy atom. The lowest BCUT2D eigenvalue weighted by Gasteiger charge is -2.28. The van der Waals surface area contributed by atoms with Crippen LogP contribution in [0.3, 0.4) is 0 Å². The molecule has 3 fully saturated rings. The molecule has 2 N–H and O–H groups in total. The van der Waals surface area contributed by atoms with Gasteiger partial charge in [0.25, 0.3) is 0 Å². The third kappa shape index (κ3) is 2.29. The van der Waals surface area contributed by atoms with Crippen LogP contribution in [0.15, 0.2) is 0 Å². The van der Waals surface area contributed by atoms with Gasteiger partial charge in [-0.15, -0.1) is 0 Å². The standard InChI is InChI=1S/C15H24O6/c1-2-3-4-5-6-7-15(18)11-13(17)19-9-14(11)12(21-15)10(16)8-20-14/h10-12,16,18H,2-9H2,1H3/t10?,11-,12-,14-,15+/m0/s1. The maximum atomic E-state index is 12.0. The summed E-state index contributed by atoms with van der Waals surface area (Å²) >= 11 is 0. The summed E-state index contributed by atoms with van der Waals surface area (Å²) in [6.45, 7) is 2.31. The van der Waals surface area contributed by atoms with Gasteiger partial charge in [-0.3, -0.25) is 4.79 Å². The smallest absolute Gasteiger partial charge is 0.317 e. The lowest BCUT2D eigenvalue weighted by Crippen LogP contribution is -2.47. The SMILES string of the molecule is CCCCCCC[C@@]1(O)O[C@H]2C(O)CO[C@]23COC(=O)[C@@H]31. The molecule has 21 heavy (non-hydrogen) atoms. The molecule has 6 heteroatoms. The van der Waals surface area contributed by atoms with E-state index < -0.39 is 35.5 Å². The third-order valence-corrected chi connectivity index (χ3v) is 4.94. The van der Waals surface area contributed by atoms with Crippen LogP contribution in [0.5, 0.6) is 0 Å². The molecule has 0 aliphatic carbocycles. The first-order valence-corrected chi connectivity index (χ1v) is 7.92. The van der Waals surface area contributed by atoms with Gasteiger partial charge >= 0.3 is 5.97 Å². The van der Waals surface area contributed by atoms with Crippen molar-refractivity contribution < 1.29 is 29.2 Å². The number of aliphatic hydroxyl groups is 2. The van der Waals surface area contributed by atoms with Crippen molar-refractivity contribution in [2.45, 2.75) is 69.0 Å². The fourth-order valence-electron chi connectivity index (χ4n) is 3.87. The second kappa shape index (κ2) is 5.50. The van der Waals surface area contributed by atoms with E-state index in [1.807, 2.05) is 0 Å². The van der Waals surface area contributed by atoms with Gasteiger partial charge in [0.05, 0.1) is 6.61 Å². The number of hydrogen-bond donors (Lipinski definition) is 2. The monoisotopic (exact) mass is 300 g/mol. The topological polar surface area (TPSA) is 85.2 Å². The Labute approximate surface area is 124 Å². The Bertz CT molecular complexity index is 413. The predicted octanol–water partition coefficient (Wildman–Crippen LogP) is 0.737. The molecule has 0 aromatic carbocycles. The second-order valence-electron chi connectivity index (χ2n) is 6.42. The van der Waals surface area contributed by atoms with E-state index in [4.69, 9.17) is 14.2 Å². The van der Waals surface area contributed by atoms with Crippen LogP contribution in [0, 0.1) is 5.92 Å². The van der Waals surface area contributed by atoms with E-state index in [2.05, 4.69) is 6.92 Å². The van der Waals surface area contributed by atoms with Crippen LogP contribution in [0.2, 0.25) is 0 Å². The van der Waals surface area contributed by atoms with Gasteiger partial charge in [0.2, 0.25) is 0 Å². The van der Waals surface area contributed by atoms with E-state index in [-0.39, 0.29) is 13.2 Å². The van der Waals surface area contributed by atoms with Gasteiger partial charge in [-0.2, -0.15) is 0 Å². The van der Waals surface area contributed by atoms with E-state index in [0.717, 1.165) is 25.7 Å². The molecule has 6 nitrogen and oxygen atoms in total. The molecule has 0 aromatic heterocycles. The number of unbranched alkanes of at least 4 members (excludes halogenated alkanes) is 4. The quantitative estimate of drug-likeness (QED) is 0.556. The highest BCUT2D eigenvalue weighted by molar-refractivity contribution is 5.78. The van der Waals surface area contributed by atoms with Crippen molar-refractivity contribution in [3.05, 3.63) is 0 Å². The van der Waals surface area contributed by atoms with Gasteiger partial charge in [-0.05, 0) is 6.42 Å². The van der Waals surface area contributed by atoms with Crippen molar-refractivity contribution in [3.8, 4) is 0 Å². The average Bonchev–Trinajstić information content (AvgIpc) is 3.02. The van der Waals surface area contributed by atoms with Gasteiger partial charge < -0.3 is 24.4 Å². The average molecular weight is 300 g/mol. The van der Waals surface area contributed by atoms with E-state index >= 15 is 0 Å². The molecule has 0 bridgehead atoms. The van der Waals surface area contributed by atoms with Crippen molar-refractivity contribution in [2.75, 3.05) is 13.2 Å². The van der Waals surface area contributed by atoms with E-state index in [1.54, 1.807) is 0 Å². The van der Waals surface area contributed by atoms with Crippen molar-refractivity contribution in [1.82, 2.24) is 0 Å². The van der Waals surface area contributed by atoms with E-state index in [0.29, 0.717) is 6.42 Å². The highest BCUT2D eigenvalue weighted by Crippen LogP contribution is 2.54. The summed E-state index contributed by atoms with van der Waals surface area (Å²) in [5.74, 6) is -2.91. The Balaban J connectivity index is 1.70. The molecule has 3 aliphatic heterocycles. The lowest BCUT2D eigenvalue weighted by molar-refractivity contribution is -0.231. The van der Waals surface area contributed by atoms with Crippen molar-refractivity contribution >= 4 is 5.97 Å². The van der Waals surface area contributed by atoms with Gasteiger partial charge in [0, 0.05) is 6.42 Å². The Morgan fingerprint density at radius 1 is 1.29 bits per heavy atom. The molecule has 0 saturated carbocycles. The molecular formula is C15H24O6. The molecule has 3 saturated heterocycles. The zero-order valence-corrected chi connectivity index (χ0v) is 12.4. The zero-order valence-electron chi connectivity index (χ0n) is 12.4. The minimum Gasteiger partial charge on any atom is -0.462 e. The summed E-state index contributed by atoms with van der Waals surface area (Å²) in [7, 11) is 0. The molecular weight excluding hydrogens is 276 g/mol. The van der Waals surface area contributed by atoms with Crippen LogP contribution in [-0.2, 0) is 19.0 Å². The molecule has 120 valence electrons. The molecule has 1 unspecified atom stereocenters. The summed E-state index contributed by atoms with van der Waals surface area (Å²) in [6.07, 6.45) is 4.05. The molecule has 1 spiro atoms. The second-order valence-corrected chi connectivity index (χ2v) is 6.42. The number of hydrogen-bond acceptors (Lipinski definition) is 6. The number of cyclic esters (lactones) is 1. The van der Waals surface area contributed by atoms with E-state index in [9.17, 15) is 15.0 Å². The number of ether oxygens (including phenoxy) is 3. The summed E-state index contributed by atoms with van der Waals surface area (Å²) in [6, 6.07) is 0. The third-order valence-electron chi connectivity index (χ3n) is 4.94. The van der Waals surface area contributed by atoms with Crippen molar-refractivity contribution in [1.29, 1.82) is 0 Å². The maximum absolute atomic E-state index is 12.0. The first-order chi connectivity index (χ1) is 10.0. The van der Waals surface area contributed by atoms with Gasteiger partial charge in [-0.1, -0.05) is 32.6 Å². The van der Waals surface area contributed by atoms with Crippen LogP contribution < -0.4 is 0 Å². The number of aliphatic hydroxyl groups excluding tert-OH is 1. The Morgan fingerprint density at radius 2 is 2.05 bits per heavy atom. The number of esters is 1.